The lowest BCUT2D eigenvalue weighted by Gasteiger charge is -2.10. The molecule has 3 heteroatoms. The van der Waals surface area contributed by atoms with Crippen molar-refractivity contribution < 1.29 is 5.11 Å². The molecule has 0 amide bonds. The molecule has 1 aromatic rings. The van der Waals surface area contributed by atoms with Crippen molar-refractivity contribution in [2.24, 2.45) is 0 Å². The van der Waals surface area contributed by atoms with Gasteiger partial charge >= 0.3 is 0 Å². The van der Waals surface area contributed by atoms with Crippen molar-refractivity contribution >= 4 is 11.6 Å². The first-order valence-corrected chi connectivity index (χ1v) is 4.35. The quantitative estimate of drug-likeness (QED) is 0.715. The van der Waals surface area contributed by atoms with Gasteiger partial charge in [-0.1, -0.05) is 6.07 Å². The van der Waals surface area contributed by atoms with Crippen LogP contribution in [-0.2, 0) is 0 Å². The Labute approximate surface area is 77.2 Å². The molecule has 0 aliphatic carbocycles. The summed E-state index contributed by atoms with van der Waals surface area (Å²) in [5, 5.41) is 9.46. The van der Waals surface area contributed by atoms with E-state index in [9.17, 15) is 5.11 Å². The third-order valence-electron chi connectivity index (χ3n) is 1.77. The van der Waals surface area contributed by atoms with Gasteiger partial charge in [0.05, 0.1) is 12.0 Å². The van der Waals surface area contributed by atoms with E-state index in [0.29, 0.717) is 0 Å². The minimum absolute atomic E-state index is 0.214. The average molecular weight is 186 g/mol. The van der Waals surface area contributed by atoms with Gasteiger partial charge in [0.25, 0.3) is 0 Å². The molecule has 0 aromatic carbocycles. The maximum atomic E-state index is 9.46. The number of pyridine rings is 1. The summed E-state index contributed by atoms with van der Waals surface area (Å²) in [6.07, 6.45) is 1.18. The van der Waals surface area contributed by atoms with E-state index in [2.05, 4.69) is 4.98 Å². The van der Waals surface area contributed by atoms with Gasteiger partial charge in [0, 0.05) is 17.5 Å². The molecular formula is C9H12ClNO. The number of hydrogen-bond acceptors (Lipinski definition) is 2. The molecule has 1 aromatic heterocycles. The van der Waals surface area contributed by atoms with Crippen LogP contribution in [0.3, 0.4) is 0 Å². The summed E-state index contributed by atoms with van der Waals surface area (Å²) in [6.45, 7) is 3.81. The van der Waals surface area contributed by atoms with Crippen LogP contribution in [0.25, 0.3) is 0 Å². The summed E-state index contributed by atoms with van der Waals surface area (Å²) < 4.78 is 0. The van der Waals surface area contributed by atoms with Crippen molar-refractivity contribution in [3.05, 3.63) is 29.1 Å². The van der Waals surface area contributed by atoms with Crippen LogP contribution < -0.4 is 0 Å². The highest BCUT2D eigenvalue weighted by Gasteiger charge is 2.09. The summed E-state index contributed by atoms with van der Waals surface area (Å²) >= 11 is 5.53. The van der Waals surface area contributed by atoms with Gasteiger partial charge in [0.15, 0.2) is 0 Å². The number of rotatable bonds is 2. The highest BCUT2D eigenvalue weighted by Crippen LogP contribution is 2.17. The van der Waals surface area contributed by atoms with Crippen LogP contribution in [0.4, 0.5) is 0 Å². The van der Waals surface area contributed by atoms with Gasteiger partial charge in [-0.2, -0.15) is 0 Å². The first kappa shape index (κ1) is 9.49. The van der Waals surface area contributed by atoms with E-state index >= 15 is 0 Å². The summed E-state index contributed by atoms with van der Waals surface area (Å²) in [5.41, 5.74) is 2.71. The largest absolute Gasteiger partial charge is 0.387 e. The number of aliphatic hydroxyl groups is 1. The first-order valence-electron chi connectivity index (χ1n) is 3.82. The number of hydrogen-bond donors (Lipinski definition) is 1. The zero-order chi connectivity index (χ0) is 9.14. The molecule has 66 valence electrons. The van der Waals surface area contributed by atoms with Gasteiger partial charge in [-0.05, 0) is 19.4 Å². The van der Waals surface area contributed by atoms with Crippen LogP contribution in [0, 0.1) is 13.8 Å². The lowest BCUT2D eigenvalue weighted by Crippen LogP contribution is -2.03. The lowest BCUT2D eigenvalue weighted by molar-refractivity contribution is 0.201. The van der Waals surface area contributed by atoms with Gasteiger partial charge in [-0.25, -0.2) is 0 Å². The summed E-state index contributed by atoms with van der Waals surface area (Å²) in [6, 6.07) is 1.91. The van der Waals surface area contributed by atoms with Crippen molar-refractivity contribution in [2.75, 3.05) is 5.88 Å². The number of alkyl halides is 1. The molecule has 1 unspecified atom stereocenters. The van der Waals surface area contributed by atoms with E-state index < -0.39 is 6.10 Å². The highest BCUT2D eigenvalue weighted by atomic mass is 35.5. The predicted molar refractivity (Wildman–Crippen MR) is 49.4 cm³/mol. The van der Waals surface area contributed by atoms with Gasteiger partial charge in [-0.15, -0.1) is 11.6 Å². The maximum absolute atomic E-state index is 9.46. The van der Waals surface area contributed by atoms with Crippen molar-refractivity contribution in [3.8, 4) is 0 Å². The molecule has 0 aliphatic heterocycles. The smallest absolute Gasteiger partial charge is 0.0942 e. The number of nitrogens with zero attached hydrogens (tertiary/aromatic N) is 1. The van der Waals surface area contributed by atoms with Crippen LogP contribution in [0.5, 0.6) is 0 Å². The van der Waals surface area contributed by atoms with E-state index in [1.807, 2.05) is 19.9 Å². The molecule has 0 aliphatic rings. The van der Waals surface area contributed by atoms with Gasteiger partial charge < -0.3 is 5.11 Å². The third-order valence-corrected chi connectivity index (χ3v) is 2.06. The summed E-state index contributed by atoms with van der Waals surface area (Å²) in [7, 11) is 0. The second-order valence-electron chi connectivity index (χ2n) is 2.86. The van der Waals surface area contributed by atoms with Crippen LogP contribution in [0.15, 0.2) is 12.3 Å². The third kappa shape index (κ3) is 1.96. The zero-order valence-corrected chi connectivity index (χ0v) is 7.97. The van der Waals surface area contributed by atoms with Crippen LogP contribution in [0.1, 0.15) is 22.9 Å². The second-order valence-corrected chi connectivity index (χ2v) is 3.17. The molecule has 1 rings (SSSR count). The SMILES string of the molecule is Cc1cnc(C)c(C(O)CCl)c1. The van der Waals surface area contributed by atoms with Crippen LogP contribution in [-0.4, -0.2) is 16.0 Å². The first-order chi connectivity index (χ1) is 5.65. The number of aryl methyl sites for hydroxylation is 2. The fraction of sp³-hybridized carbons (Fsp3) is 0.444. The van der Waals surface area contributed by atoms with E-state index in [4.69, 9.17) is 11.6 Å². The zero-order valence-electron chi connectivity index (χ0n) is 7.21. The molecule has 0 fully saturated rings. The molecule has 0 radical (unpaired) electrons. The van der Waals surface area contributed by atoms with Gasteiger partial charge in [0.2, 0.25) is 0 Å². The molecule has 1 atom stereocenters. The van der Waals surface area contributed by atoms with Crippen LogP contribution >= 0.6 is 11.6 Å². The number of aliphatic hydroxyl groups excluding tert-OH is 1. The van der Waals surface area contributed by atoms with Gasteiger partial charge in [0.1, 0.15) is 0 Å². The average Bonchev–Trinajstić information content (AvgIpc) is 2.08. The summed E-state index contributed by atoms with van der Waals surface area (Å²) in [4.78, 5) is 4.13. The molecule has 0 saturated carbocycles. The standard InChI is InChI=1S/C9H12ClNO/c1-6-3-8(9(12)4-10)7(2)11-5-6/h3,5,9,12H,4H2,1-2H3. The number of halogens is 1. The Morgan fingerprint density at radius 3 is 2.83 bits per heavy atom. The Kier molecular flexibility index (Phi) is 3.06. The Balaban J connectivity index is 3.04. The topological polar surface area (TPSA) is 33.1 Å². The molecule has 12 heavy (non-hydrogen) atoms. The van der Waals surface area contributed by atoms with E-state index in [-0.39, 0.29) is 5.88 Å². The molecule has 0 bridgehead atoms. The van der Waals surface area contributed by atoms with Crippen molar-refractivity contribution in [2.45, 2.75) is 20.0 Å². The lowest BCUT2D eigenvalue weighted by atomic mass is 10.1. The minimum Gasteiger partial charge on any atom is -0.387 e. The van der Waals surface area contributed by atoms with Crippen molar-refractivity contribution in [3.63, 3.8) is 0 Å². The second kappa shape index (κ2) is 3.87. The van der Waals surface area contributed by atoms with Crippen molar-refractivity contribution in [1.29, 1.82) is 0 Å². The molecule has 1 N–H and O–H groups in total. The van der Waals surface area contributed by atoms with Crippen molar-refractivity contribution in [1.82, 2.24) is 4.98 Å². The Bertz CT molecular complexity index is 275. The fourth-order valence-electron chi connectivity index (χ4n) is 1.08. The van der Waals surface area contributed by atoms with E-state index in [1.165, 1.54) is 0 Å². The molecule has 1 heterocycles. The number of aromatic nitrogens is 1. The van der Waals surface area contributed by atoms with Crippen LogP contribution in [0.2, 0.25) is 0 Å². The molecule has 0 saturated heterocycles. The predicted octanol–water partition coefficient (Wildman–Crippen LogP) is 1.97. The normalized spacial score (nSPS) is 13.0. The monoisotopic (exact) mass is 185 g/mol. The summed E-state index contributed by atoms with van der Waals surface area (Å²) in [5.74, 6) is 0.214. The molecule has 2 nitrogen and oxygen atoms in total. The Hall–Kier alpha value is -0.600. The Morgan fingerprint density at radius 2 is 2.25 bits per heavy atom. The minimum atomic E-state index is -0.598. The van der Waals surface area contributed by atoms with E-state index in [1.54, 1.807) is 6.20 Å². The Morgan fingerprint density at radius 1 is 1.58 bits per heavy atom. The van der Waals surface area contributed by atoms with Gasteiger partial charge in [-0.3, -0.25) is 4.98 Å². The molecular weight excluding hydrogens is 174 g/mol. The maximum Gasteiger partial charge on any atom is 0.0942 e. The molecule has 0 spiro atoms. The van der Waals surface area contributed by atoms with E-state index in [0.717, 1.165) is 16.8 Å². The fourth-order valence-corrected chi connectivity index (χ4v) is 1.25. The highest BCUT2D eigenvalue weighted by molar-refractivity contribution is 6.18.